The summed E-state index contributed by atoms with van der Waals surface area (Å²) < 4.78 is 12.3. The van der Waals surface area contributed by atoms with E-state index in [-0.39, 0.29) is 10.7 Å². The van der Waals surface area contributed by atoms with E-state index in [0.717, 1.165) is 11.3 Å². The van der Waals surface area contributed by atoms with Crippen LogP contribution in [0.3, 0.4) is 0 Å². The van der Waals surface area contributed by atoms with Crippen molar-refractivity contribution in [3.8, 4) is 6.07 Å². The summed E-state index contributed by atoms with van der Waals surface area (Å²) in [6, 6.07) is 10.0. The van der Waals surface area contributed by atoms with Crippen LogP contribution in [0.25, 0.3) is 0 Å². The zero-order valence-corrected chi connectivity index (χ0v) is 12.4. The van der Waals surface area contributed by atoms with Gasteiger partial charge in [0, 0.05) is 11.3 Å². The van der Waals surface area contributed by atoms with Gasteiger partial charge in [0.05, 0.1) is 22.1 Å². The molecule has 0 fully saturated rings. The van der Waals surface area contributed by atoms with Crippen LogP contribution in [0.4, 0.5) is 0 Å². The van der Waals surface area contributed by atoms with E-state index in [9.17, 15) is 4.21 Å². The maximum atomic E-state index is 12.3. The summed E-state index contributed by atoms with van der Waals surface area (Å²) in [5.74, 6) is 0. The van der Waals surface area contributed by atoms with Crippen molar-refractivity contribution in [2.24, 2.45) is 0 Å². The molecule has 2 nitrogen and oxygen atoms in total. The first-order valence-corrected chi connectivity index (χ1v) is 7.49. The molecule has 0 aliphatic carbocycles. The van der Waals surface area contributed by atoms with E-state index in [1.165, 1.54) is 5.56 Å². The predicted octanol–water partition coefficient (Wildman–Crippen LogP) is 3.78. The predicted molar refractivity (Wildman–Crippen MR) is 75.9 cm³/mol. The fourth-order valence-electron chi connectivity index (χ4n) is 1.75. The first-order chi connectivity index (χ1) is 8.40. The maximum Gasteiger partial charge on any atom is 0.0634 e. The van der Waals surface area contributed by atoms with Crippen molar-refractivity contribution in [2.45, 2.75) is 56.1 Å². The highest BCUT2D eigenvalue weighted by molar-refractivity contribution is 7.85. The molecule has 0 amide bonds. The van der Waals surface area contributed by atoms with Crippen molar-refractivity contribution >= 4 is 10.8 Å². The average molecular weight is 263 g/mol. The quantitative estimate of drug-likeness (QED) is 0.829. The highest BCUT2D eigenvalue weighted by atomic mass is 32.2. The summed E-state index contributed by atoms with van der Waals surface area (Å²) in [5, 5.41) is 8.67. The minimum absolute atomic E-state index is 0.0597. The van der Waals surface area contributed by atoms with E-state index in [1.807, 2.05) is 31.2 Å². The van der Waals surface area contributed by atoms with Crippen molar-refractivity contribution in [3.63, 3.8) is 0 Å². The Morgan fingerprint density at radius 1 is 1.28 bits per heavy atom. The molecule has 3 heteroatoms. The van der Waals surface area contributed by atoms with E-state index in [4.69, 9.17) is 5.26 Å². The lowest BCUT2D eigenvalue weighted by Crippen LogP contribution is -2.14. The third-order valence-electron chi connectivity index (χ3n) is 3.03. The summed E-state index contributed by atoms with van der Waals surface area (Å²) in [6.45, 7) is 8.44. The second kappa shape index (κ2) is 6.15. The number of hydrogen-bond donors (Lipinski definition) is 0. The van der Waals surface area contributed by atoms with E-state index in [0.29, 0.717) is 6.42 Å². The van der Waals surface area contributed by atoms with Gasteiger partial charge in [-0.2, -0.15) is 5.26 Å². The van der Waals surface area contributed by atoms with Crippen LogP contribution in [0.15, 0.2) is 29.2 Å². The molecule has 1 aromatic rings. The van der Waals surface area contributed by atoms with Crippen LogP contribution in [-0.2, 0) is 16.2 Å². The smallest absolute Gasteiger partial charge is 0.0634 e. The highest BCUT2D eigenvalue weighted by Gasteiger charge is 2.18. The summed E-state index contributed by atoms with van der Waals surface area (Å²) in [6.07, 6.45) is 1.12. The normalized spacial score (nSPS) is 14.8. The van der Waals surface area contributed by atoms with Gasteiger partial charge < -0.3 is 0 Å². The lowest BCUT2D eigenvalue weighted by molar-refractivity contribution is 0.589. The molecule has 2 atom stereocenters. The molecule has 18 heavy (non-hydrogen) atoms. The van der Waals surface area contributed by atoms with Gasteiger partial charge in [-0.25, -0.2) is 0 Å². The Balaban J connectivity index is 2.92. The summed E-state index contributed by atoms with van der Waals surface area (Å²) in [5.41, 5.74) is 1.34. The molecular formula is C15H21NOS. The molecule has 0 saturated heterocycles. The SMILES string of the molecule is CCC(CC#N)S(=O)c1ccc(C(C)(C)C)cc1. The summed E-state index contributed by atoms with van der Waals surface area (Å²) >= 11 is 0. The second-order valence-electron chi connectivity index (χ2n) is 5.46. The molecule has 0 aromatic heterocycles. The molecule has 0 N–H and O–H groups in total. The molecule has 0 bridgehead atoms. The Hall–Kier alpha value is -1.14. The van der Waals surface area contributed by atoms with Gasteiger partial charge in [-0.1, -0.05) is 39.8 Å². The number of hydrogen-bond acceptors (Lipinski definition) is 2. The Kier molecular flexibility index (Phi) is 5.10. The minimum Gasteiger partial charge on any atom is -0.254 e. The molecule has 0 saturated carbocycles. The topological polar surface area (TPSA) is 40.9 Å². The van der Waals surface area contributed by atoms with E-state index in [2.05, 4.69) is 26.8 Å². The van der Waals surface area contributed by atoms with Gasteiger partial charge in [0.1, 0.15) is 0 Å². The fourth-order valence-corrected chi connectivity index (χ4v) is 3.07. The molecule has 0 aliphatic heterocycles. The lowest BCUT2D eigenvalue weighted by atomic mass is 9.87. The third-order valence-corrected chi connectivity index (χ3v) is 4.87. The zero-order chi connectivity index (χ0) is 13.8. The highest BCUT2D eigenvalue weighted by Crippen LogP contribution is 2.24. The number of nitrogens with zero attached hydrogens (tertiary/aromatic N) is 1. The van der Waals surface area contributed by atoms with Crippen molar-refractivity contribution in [1.82, 2.24) is 0 Å². The van der Waals surface area contributed by atoms with Crippen molar-refractivity contribution in [1.29, 1.82) is 5.26 Å². The van der Waals surface area contributed by atoms with Crippen LogP contribution in [0.2, 0.25) is 0 Å². The standard InChI is InChI=1S/C15H21NOS/c1-5-13(10-11-16)18(17)14-8-6-12(7-9-14)15(2,3)4/h6-9,13H,5,10H2,1-4H3. The molecule has 98 valence electrons. The summed E-state index contributed by atoms with van der Waals surface area (Å²) in [4.78, 5) is 0.824. The molecule has 2 unspecified atom stereocenters. The second-order valence-corrected chi connectivity index (χ2v) is 7.20. The Morgan fingerprint density at radius 3 is 2.22 bits per heavy atom. The Bertz CT molecular complexity index is 451. The van der Waals surface area contributed by atoms with Gasteiger partial charge in [0.25, 0.3) is 0 Å². The van der Waals surface area contributed by atoms with Crippen molar-refractivity contribution in [2.75, 3.05) is 0 Å². The Labute approximate surface area is 112 Å². The monoisotopic (exact) mass is 263 g/mol. The van der Waals surface area contributed by atoms with Gasteiger partial charge in [-0.15, -0.1) is 0 Å². The van der Waals surface area contributed by atoms with E-state index >= 15 is 0 Å². The third kappa shape index (κ3) is 3.68. The van der Waals surface area contributed by atoms with E-state index < -0.39 is 10.8 Å². The van der Waals surface area contributed by atoms with Crippen LogP contribution < -0.4 is 0 Å². The van der Waals surface area contributed by atoms with Crippen LogP contribution in [0.1, 0.15) is 46.1 Å². The maximum absolute atomic E-state index is 12.3. The molecule has 0 spiro atoms. The number of nitriles is 1. The van der Waals surface area contributed by atoms with Crippen LogP contribution in [0, 0.1) is 11.3 Å². The fraction of sp³-hybridized carbons (Fsp3) is 0.533. The molecule has 0 radical (unpaired) electrons. The molecule has 1 rings (SSSR count). The van der Waals surface area contributed by atoms with E-state index in [1.54, 1.807) is 0 Å². The molecular weight excluding hydrogens is 242 g/mol. The molecule has 1 aromatic carbocycles. The number of benzene rings is 1. The average Bonchev–Trinajstić information content (AvgIpc) is 2.34. The summed E-state index contributed by atoms with van der Waals surface area (Å²) in [7, 11) is -1.08. The molecule has 0 heterocycles. The van der Waals surface area contributed by atoms with Crippen LogP contribution in [0.5, 0.6) is 0 Å². The van der Waals surface area contributed by atoms with Gasteiger partial charge in [0.2, 0.25) is 0 Å². The van der Waals surface area contributed by atoms with Gasteiger partial charge in [-0.3, -0.25) is 4.21 Å². The lowest BCUT2D eigenvalue weighted by Gasteiger charge is -2.19. The van der Waals surface area contributed by atoms with Crippen LogP contribution in [-0.4, -0.2) is 9.46 Å². The van der Waals surface area contributed by atoms with Gasteiger partial charge in [0.15, 0.2) is 0 Å². The Morgan fingerprint density at radius 2 is 1.83 bits per heavy atom. The van der Waals surface area contributed by atoms with Gasteiger partial charge in [-0.05, 0) is 29.5 Å². The minimum atomic E-state index is -1.08. The largest absolute Gasteiger partial charge is 0.254 e. The van der Waals surface area contributed by atoms with Crippen LogP contribution >= 0.6 is 0 Å². The first kappa shape index (κ1) is 14.9. The zero-order valence-electron chi connectivity index (χ0n) is 11.6. The first-order valence-electron chi connectivity index (χ1n) is 6.28. The van der Waals surface area contributed by atoms with Crippen molar-refractivity contribution < 1.29 is 4.21 Å². The van der Waals surface area contributed by atoms with Crippen molar-refractivity contribution in [3.05, 3.63) is 29.8 Å². The number of rotatable bonds is 4. The molecule has 0 aliphatic rings. The van der Waals surface area contributed by atoms with Gasteiger partial charge >= 0.3 is 0 Å².